The van der Waals surface area contributed by atoms with E-state index in [1.807, 2.05) is 27.1 Å². The second-order valence-electron chi connectivity index (χ2n) is 6.33. The molecule has 2 N–H and O–H groups in total. The zero-order valence-corrected chi connectivity index (χ0v) is 15.4. The summed E-state index contributed by atoms with van der Waals surface area (Å²) in [5.74, 6) is 2.65. The molecule has 1 aliphatic rings. The summed E-state index contributed by atoms with van der Waals surface area (Å²) in [5, 5.41) is 11.1. The standard InChI is InChI=1S/C17H27N7O/c1-12-14(17(25-4)23(3)22-12)10-19-9-13-6-5-7-24(13)16-8-15(18-2)20-11-21-16/h8,11,13,19H,5-7,9-10H2,1-4H3,(H,18,20,21)/t13-/m1/s1. The summed E-state index contributed by atoms with van der Waals surface area (Å²) in [7, 11) is 5.47. The van der Waals surface area contributed by atoms with Gasteiger partial charge in [-0.15, -0.1) is 0 Å². The first-order valence-corrected chi connectivity index (χ1v) is 8.67. The van der Waals surface area contributed by atoms with E-state index in [0.29, 0.717) is 6.04 Å². The average molecular weight is 345 g/mol. The lowest BCUT2D eigenvalue weighted by atomic mass is 10.2. The van der Waals surface area contributed by atoms with Crippen LogP contribution in [0.3, 0.4) is 0 Å². The number of hydrogen-bond acceptors (Lipinski definition) is 7. The van der Waals surface area contributed by atoms with E-state index in [9.17, 15) is 0 Å². The third-order valence-corrected chi connectivity index (χ3v) is 4.74. The molecule has 1 atom stereocenters. The molecular formula is C17H27N7O. The molecule has 136 valence electrons. The van der Waals surface area contributed by atoms with Crippen molar-refractivity contribution in [1.29, 1.82) is 0 Å². The molecule has 0 spiro atoms. The Bertz CT molecular complexity index is 715. The van der Waals surface area contributed by atoms with Crippen molar-refractivity contribution >= 4 is 11.6 Å². The van der Waals surface area contributed by atoms with Crippen LogP contribution in [0.15, 0.2) is 12.4 Å². The van der Waals surface area contributed by atoms with Crippen molar-refractivity contribution in [2.24, 2.45) is 7.05 Å². The summed E-state index contributed by atoms with van der Waals surface area (Å²) >= 11 is 0. The number of hydrogen-bond donors (Lipinski definition) is 2. The molecule has 25 heavy (non-hydrogen) atoms. The maximum Gasteiger partial charge on any atom is 0.216 e. The molecule has 3 rings (SSSR count). The molecule has 0 aliphatic carbocycles. The van der Waals surface area contributed by atoms with E-state index in [2.05, 4.69) is 30.6 Å². The number of methoxy groups -OCH3 is 1. The second kappa shape index (κ2) is 7.69. The number of nitrogens with one attached hydrogen (secondary N) is 2. The molecule has 2 aromatic heterocycles. The van der Waals surface area contributed by atoms with Gasteiger partial charge in [-0.2, -0.15) is 5.10 Å². The Hall–Kier alpha value is -2.35. The van der Waals surface area contributed by atoms with Crippen molar-refractivity contribution < 1.29 is 4.74 Å². The van der Waals surface area contributed by atoms with Crippen LogP contribution in [0.4, 0.5) is 11.6 Å². The first kappa shape index (κ1) is 17.5. The van der Waals surface area contributed by atoms with Crippen LogP contribution in [0.2, 0.25) is 0 Å². The van der Waals surface area contributed by atoms with Crippen molar-refractivity contribution in [3.63, 3.8) is 0 Å². The van der Waals surface area contributed by atoms with Crippen molar-refractivity contribution in [1.82, 2.24) is 25.1 Å². The Balaban J connectivity index is 1.63. The number of rotatable bonds is 7. The van der Waals surface area contributed by atoms with Gasteiger partial charge in [0.05, 0.1) is 18.4 Å². The van der Waals surface area contributed by atoms with E-state index in [0.717, 1.165) is 54.8 Å². The molecule has 0 aromatic carbocycles. The minimum atomic E-state index is 0.433. The monoisotopic (exact) mass is 345 g/mol. The van der Waals surface area contributed by atoms with Crippen molar-refractivity contribution in [2.45, 2.75) is 32.4 Å². The van der Waals surface area contributed by atoms with Gasteiger partial charge in [-0.1, -0.05) is 0 Å². The van der Waals surface area contributed by atoms with E-state index in [-0.39, 0.29) is 0 Å². The smallest absolute Gasteiger partial charge is 0.216 e. The van der Waals surface area contributed by atoms with Crippen LogP contribution in [-0.4, -0.2) is 53.0 Å². The minimum Gasteiger partial charge on any atom is -0.481 e. The van der Waals surface area contributed by atoms with Crippen LogP contribution >= 0.6 is 0 Å². The fourth-order valence-electron chi connectivity index (χ4n) is 3.49. The molecule has 0 bridgehead atoms. The molecule has 0 amide bonds. The number of nitrogens with zero attached hydrogens (tertiary/aromatic N) is 5. The highest BCUT2D eigenvalue weighted by atomic mass is 16.5. The molecule has 8 heteroatoms. The predicted molar refractivity (Wildman–Crippen MR) is 98.2 cm³/mol. The van der Waals surface area contributed by atoms with Gasteiger partial charge < -0.3 is 20.3 Å². The molecule has 3 heterocycles. The molecule has 2 aromatic rings. The number of aryl methyl sites for hydroxylation is 2. The summed E-state index contributed by atoms with van der Waals surface area (Å²) in [6.07, 6.45) is 3.96. The molecule has 0 radical (unpaired) electrons. The molecule has 1 saturated heterocycles. The van der Waals surface area contributed by atoms with Crippen LogP contribution in [0.25, 0.3) is 0 Å². The van der Waals surface area contributed by atoms with Crippen LogP contribution in [-0.2, 0) is 13.6 Å². The van der Waals surface area contributed by atoms with Gasteiger partial charge in [0.15, 0.2) is 0 Å². The normalized spacial score (nSPS) is 17.1. The Morgan fingerprint density at radius 1 is 1.36 bits per heavy atom. The van der Waals surface area contributed by atoms with Crippen molar-refractivity contribution in [3.8, 4) is 5.88 Å². The van der Waals surface area contributed by atoms with Gasteiger partial charge >= 0.3 is 0 Å². The lowest BCUT2D eigenvalue weighted by Crippen LogP contribution is -2.38. The van der Waals surface area contributed by atoms with Gasteiger partial charge in [0.25, 0.3) is 0 Å². The summed E-state index contributed by atoms with van der Waals surface area (Å²) in [6, 6.07) is 2.44. The van der Waals surface area contributed by atoms with Gasteiger partial charge in [-0.3, -0.25) is 0 Å². The van der Waals surface area contributed by atoms with Crippen molar-refractivity contribution in [3.05, 3.63) is 23.7 Å². The van der Waals surface area contributed by atoms with E-state index >= 15 is 0 Å². The molecule has 8 nitrogen and oxygen atoms in total. The van der Waals surface area contributed by atoms with Gasteiger partial charge in [-0.25, -0.2) is 14.6 Å². The van der Waals surface area contributed by atoms with Crippen LogP contribution in [0.5, 0.6) is 5.88 Å². The van der Waals surface area contributed by atoms with Crippen LogP contribution in [0.1, 0.15) is 24.1 Å². The maximum atomic E-state index is 5.46. The summed E-state index contributed by atoms with van der Waals surface area (Å²) in [6.45, 7) is 4.69. The van der Waals surface area contributed by atoms with E-state index in [1.54, 1.807) is 18.1 Å². The van der Waals surface area contributed by atoms with Gasteiger partial charge in [0.2, 0.25) is 5.88 Å². The Morgan fingerprint density at radius 2 is 2.20 bits per heavy atom. The van der Waals surface area contributed by atoms with E-state index < -0.39 is 0 Å². The van der Waals surface area contributed by atoms with Gasteiger partial charge in [0, 0.05) is 45.8 Å². The second-order valence-corrected chi connectivity index (χ2v) is 6.33. The first-order chi connectivity index (χ1) is 12.1. The zero-order valence-electron chi connectivity index (χ0n) is 15.4. The Kier molecular flexibility index (Phi) is 5.37. The fraction of sp³-hybridized carbons (Fsp3) is 0.588. The highest BCUT2D eigenvalue weighted by Gasteiger charge is 2.26. The zero-order chi connectivity index (χ0) is 17.8. The SMILES string of the molecule is CNc1cc(N2CCC[C@@H]2CNCc2c(C)nn(C)c2OC)ncn1. The molecule has 1 aliphatic heterocycles. The Labute approximate surface area is 148 Å². The van der Waals surface area contributed by atoms with E-state index in [4.69, 9.17) is 4.74 Å². The largest absolute Gasteiger partial charge is 0.481 e. The van der Waals surface area contributed by atoms with Crippen LogP contribution < -0.4 is 20.3 Å². The lowest BCUT2D eigenvalue weighted by molar-refractivity contribution is 0.367. The molecule has 0 saturated carbocycles. The maximum absolute atomic E-state index is 5.46. The number of anilines is 2. The fourth-order valence-corrected chi connectivity index (χ4v) is 3.49. The minimum absolute atomic E-state index is 0.433. The Morgan fingerprint density at radius 3 is 2.96 bits per heavy atom. The first-order valence-electron chi connectivity index (χ1n) is 8.67. The summed E-state index contributed by atoms with van der Waals surface area (Å²) < 4.78 is 7.25. The van der Waals surface area contributed by atoms with E-state index in [1.165, 1.54) is 6.42 Å². The summed E-state index contributed by atoms with van der Waals surface area (Å²) in [5.41, 5.74) is 2.12. The number of ether oxygens (including phenoxy) is 1. The predicted octanol–water partition coefficient (Wildman–Crippen LogP) is 1.33. The topological polar surface area (TPSA) is 80.1 Å². The lowest BCUT2D eigenvalue weighted by Gasteiger charge is -2.26. The third kappa shape index (κ3) is 3.68. The quantitative estimate of drug-likeness (QED) is 0.783. The van der Waals surface area contributed by atoms with Crippen molar-refractivity contribution in [2.75, 3.05) is 37.5 Å². The third-order valence-electron chi connectivity index (χ3n) is 4.74. The average Bonchev–Trinajstić information content (AvgIpc) is 3.19. The highest BCUT2D eigenvalue weighted by Crippen LogP contribution is 2.25. The van der Waals surface area contributed by atoms with Gasteiger partial charge in [0.1, 0.15) is 18.0 Å². The highest BCUT2D eigenvalue weighted by molar-refractivity contribution is 5.49. The summed E-state index contributed by atoms with van der Waals surface area (Å²) in [4.78, 5) is 11.0. The molecular weight excluding hydrogens is 318 g/mol. The number of aromatic nitrogens is 4. The molecule has 0 unspecified atom stereocenters. The molecule has 1 fully saturated rings. The van der Waals surface area contributed by atoms with Gasteiger partial charge in [-0.05, 0) is 19.8 Å². The van der Waals surface area contributed by atoms with Crippen LogP contribution in [0, 0.1) is 6.92 Å².